The average molecular weight is 183 g/mol. The molecular formula is C10H17NO2. The normalized spacial score (nSPS) is 33.1. The molecule has 2 heterocycles. The van der Waals surface area contributed by atoms with Crippen LogP contribution in [0.15, 0.2) is 12.7 Å². The Morgan fingerprint density at radius 2 is 2.15 bits per heavy atom. The fraction of sp³-hybridized carbons (Fsp3) is 0.800. The van der Waals surface area contributed by atoms with E-state index in [1.165, 1.54) is 0 Å². The van der Waals surface area contributed by atoms with Crippen LogP contribution < -0.4 is 5.32 Å². The minimum atomic E-state index is -0.322. The van der Waals surface area contributed by atoms with Crippen LogP contribution in [0.4, 0.5) is 0 Å². The summed E-state index contributed by atoms with van der Waals surface area (Å²) in [5.41, 5.74) is 0. The Hall–Kier alpha value is -0.380. The van der Waals surface area contributed by atoms with Gasteiger partial charge in [0.1, 0.15) is 0 Å². The van der Waals surface area contributed by atoms with Gasteiger partial charge in [-0.3, -0.25) is 0 Å². The van der Waals surface area contributed by atoms with Gasteiger partial charge in [0.2, 0.25) is 0 Å². The van der Waals surface area contributed by atoms with Gasteiger partial charge in [-0.1, -0.05) is 6.08 Å². The van der Waals surface area contributed by atoms with Gasteiger partial charge in [0.25, 0.3) is 0 Å². The van der Waals surface area contributed by atoms with Gasteiger partial charge in [0.15, 0.2) is 5.79 Å². The molecule has 2 saturated heterocycles. The number of hydrogen-bond acceptors (Lipinski definition) is 3. The molecule has 2 aliphatic rings. The lowest BCUT2D eigenvalue weighted by atomic mass is 10.1. The van der Waals surface area contributed by atoms with Crippen molar-refractivity contribution in [1.82, 2.24) is 5.32 Å². The van der Waals surface area contributed by atoms with E-state index in [9.17, 15) is 0 Å². The Balaban J connectivity index is 1.96. The molecule has 2 fully saturated rings. The Morgan fingerprint density at radius 3 is 2.85 bits per heavy atom. The third kappa shape index (κ3) is 1.93. The number of nitrogens with one attached hydrogen (secondary N) is 1. The van der Waals surface area contributed by atoms with E-state index < -0.39 is 0 Å². The summed E-state index contributed by atoms with van der Waals surface area (Å²) < 4.78 is 11.3. The van der Waals surface area contributed by atoms with Crippen molar-refractivity contribution in [2.75, 3.05) is 19.8 Å². The molecule has 2 aliphatic heterocycles. The summed E-state index contributed by atoms with van der Waals surface area (Å²) in [5.74, 6) is -0.322. The zero-order chi connectivity index (χ0) is 9.15. The Morgan fingerprint density at radius 1 is 1.38 bits per heavy atom. The average Bonchev–Trinajstić information content (AvgIpc) is 2.49. The van der Waals surface area contributed by atoms with E-state index in [0.29, 0.717) is 6.04 Å². The van der Waals surface area contributed by atoms with Crippen LogP contribution in [0.1, 0.15) is 19.3 Å². The van der Waals surface area contributed by atoms with Crippen molar-refractivity contribution >= 4 is 0 Å². The van der Waals surface area contributed by atoms with Crippen LogP contribution in [-0.4, -0.2) is 31.6 Å². The lowest BCUT2D eigenvalue weighted by molar-refractivity contribution is -0.155. The fourth-order valence-corrected chi connectivity index (χ4v) is 2.01. The van der Waals surface area contributed by atoms with E-state index in [2.05, 4.69) is 11.9 Å². The molecule has 0 aliphatic carbocycles. The molecule has 1 spiro atoms. The van der Waals surface area contributed by atoms with Crippen molar-refractivity contribution in [3.05, 3.63) is 12.7 Å². The van der Waals surface area contributed by atoms with Crippen LogP contribution in [0.5, 0.6) is 0 Å². The zero-order valence-corrected chi connectivity index (χ0v) is 7.92. The van der Waals surface area contributed by atoms with Crippen LogP contribution in [0.25, 0.3) is 0 Å². The van der Waals surface area contributed by atoms with E-state index in [1.54, 1.807) is 0 Å². The summed E-state index contributed by atoms with van der Waals surface area (Å²) in [4.78, 5) is 0. The first-order chi connectivity index (χ1) is 6.35. The Kier molecular flexibility index (Phi) is 2.67. The van der Waals surface area contributed by atoms with Crippen molar-refractivity contribution in [2.45, 2.75) is 31.1 Å². The lowest BCUT2D eigenvalue weighted by Gasteiger charge is -2.25. The molecule has 0 bridgehead atoms. The molecule has 0 saturated carbocycles. The maximum atomic E-state index is 5.64. The predicted octanol–water partition coefficient (Wildman–Crippen LogP) is 1.06. The molecule has 0 unspecified atom stereocenters. The van der Waals surface area contributed by atoms with E-state index in [-0.39, 0.29) is 5.79 Å². The highest BCUT2D eigenvalue weighted by molar-refractivity contribution is 4.91. The molecule has 0 amide bonds. The minimum absolute atomic E-state index is 0.322. The highest BCUT2D eigenvalue weighted by atomic mass is 16.7. The molecule has 0 radical (unpaired) electrons. The first-order valence-electron chi connectivity index (χ1n) is 4.98. The molecule has 0 aromatic carbocycles. The summed E-state index contributed by atoms with van der Waals surface area (Å²) in [5, 5.41) is 3.40. The van der Waals surface area contributed by atoms with Gasteiger partial charge in [-0.2, -0.15) is 0 Å². The maximum absolute atomic E-state index is 5.64. The van der Waals surface area contributed by atoms with Crippen LogP contribution in [0, 0.1) is 0 Å². The molecule has 3 heteroatoms. The second-order valence-corrected chi connectivity index (χ2v) is 3.72. The van der Waals surface area contributed by atoms with Crippen LogP contribution in [0.3, 0.4) is 0 Å². The van der Waals surface area contributed by atoms with E-state index in [0.717, 1.165) is 39.0 Å². The van der Waals surface area contributed by atoms with Gasteiger partial charge in [-0.05, 0) is 12.8 Å². The topological polar surface area (TPSA) is 30.5 Å². The second-order valence-electron chi connectivity index (χ2n) is 3.72. The van der Waals surface area contributed by atoms with Gasteiger partial charge >= 0.3 is 0 Å². The van der Waals surface area contributed by atoms with Gasteiger partial charge in [-0.15, -0.1) is 6.58 Å². The summed E-state index contributed by atoms with van der Waals surface area (Å²) in [6.45, 7) is 6.07. The Bertz CT molecular complexity index is 187. The quantitative estimate of drug-likeness (QED) is 0.616. The largest absolute Gasteiger partial charge is 0.346 e. The van der Waals surface area contributed by atoms with Gasteiger partial charge < -0.3 is 14.8 Å². The smallest absolute Gasteiger partial charge is 0.180 e. The maximum Gasteiger partial charge on any atom is 0.180 e. The Labute approximate surface area is 79.1 Å². The third-order valence-corrected chi connectivity index (χ3v) is 2.80. The minimum Gasteiger partial charge on any atom is -0.346 e. The van der Waals surface area contributed by atoms with E-state index in [1.807, 2.05) is 6.08 Å². The number of ether oxygens (including phenoxy) is 2. The molecule has 0 aromatic rings. The van der Waals surface area contributed by atoms with Crippen LogP contribution >= 0.6 is 0 Å². The summed E-state index contributed by atoms with van der Waals surface area (Å²) in [6.07, 6.45) is 5.25. The highest BCUT2D eigenvalue weighted by Gasteiger charge is 2.37. The lowest BCUT2D eigenvalue weighted by Crippen LogP contribution is -2.42. The SMILES string of the molecule is C=C[C@@H]1CCCC2(CN1)OCCO2. The van der Waals surface area contributed by atoms with Crippen LogP contribution in [0.2, 0.25) is 0 Å². The van der Waals surface area contributed by atoms with Crippen molar-refractivity contribution in [3.8, 4) is 0 Å². The number of rotatable bonds is 1. The molecule has 1 atom stereocenters. The predicted molar refractivity (Wildman–Crippen MR) is 50.5 cm³/mol. The van der Waals surface area contributed by atoms with E-state index in [4.69, 9.17) is 9.47 Å². The van der Waals surface area contributed by atoms with Crippen molar-refractivity contribution in [2.24, 2.45) is 0 Å². The first kappa shape index (κ1) is 9.19. The molecular weight excluding hydrogens is 166 g/mol. The zero-order valence-electron chi connectivity index (χ0n) is 7.92. The fourth-order valence-electron chi connectivity index (χ4n) is 2.01. The van der Waals surface area contributed by atoms with E-state index >= 15 is 0 Å². The first-order valence-corrected chi connectivity index (χ1v) is 4.98. The van der Waals surface area contributed by atoms with Crippen molar-refractivity contribution in [3.63, 3.8) is 0 Å². The third-order valence-electron chi connectivity index (χ3n) is 2.80. The van der Waals surface area contributed by atoms with Crippen molar-refractivity contribution in [1.29, 1.82) is 0 Å². The van der Waals surface area contributed by atoms with Gasteiger partial charge in [0, 0.05) is 12.5 Å². The molecule has 1 N–H and O–H groups in total. The molecule has 74 valence electrons. The molecule has 2 rings (SSSR count). The number of hydrogen-bond donors (Lipinski definition) is 1. The van der Waals surface area contributed by atoms with Crippen LogP contribution in [-0.2, 0) is 9.47 Å². The summed E-state index contributed by atoms with van der Waals surface area (Å²) >= 11 is 0. The standard InChI is InChI=1S/C10H17NO2/c1-2-9-4-3-5-10(8-11-9)12-6-7-13-10/h2,9,11H,1,3-8H2/t9-/m1/s1. The molecule has 0 aromatic heterocycles. The monoisotopic (exact) mass is 183 g/mol. The second kappa shape index (κ2) is 3.78. The molecule has 13 heavy (non-hydrogen) atoms. The summed E-state index contributed by atoms with van der Waals surface area (Å²) in [7, 11) is 0. The highest BCUT2D eigenvalue weighted by Crippen LogP contribution is 2.27. The van der Waals surface area contributed by atoms with Crippen molar-refractivity contribution < 1.29 is 9.47 Å². The van der Waals surface area contributed by atoms with Gasteiger partial charge in [0.05, 0.1) is 19.8 Å². The summed E-state index contributed by atoms with van der Waals surface area (Å²) in [6, 6.07) is 0.423. The molecule has 3 nitrogen and oxygen atoms in total. The van der Waals surface area contributed by atoms with Gasteiger partial charge in [-0.25, -0.2) is 0 Å².